The molecule has 1 saturated heterocycles. The van der Waals surface area contributed by atoms with Crippen molar-refractivity contribution in [2.24, 2.45) is 0 Å². The second-order valence-electron chi connectivity index (χ2n) is 6.00. The van der Waals surface area contributed by atoms with Crippen molar-refractivity contribution < 1.29 is 9.53 Å². The predicted molar refractivity (Wildman–Crippen MR) is 106 cm³/mol. The summed E-state index contributed by atoms with van der Waals surface area (Å²) in [5.41, 5.74) is 0.916. The Kier molecular flexibility index (Phi) is 5.42. The minimum atomic E-state index is -0.438. The zero-order chi connectivity index (χ0) is 18.6. The van der Waals surface area contributed by atoms with Crippen LogP contribution in [0.4, 0.5) is 0 Å². The van der Waals surface area contributed by atoms with Gasteiger partial charge in [0.15, 0.2) is 5.82 Å². The van der Waals surface area contributed by atoms with Gasteiger partial charge in [0.1, 0.15) is 5.25 Å². The molecule has 1 amide bonds. The van der Waals surface area contributed by atoms with Crippen molar-refractivity contribution in [1.29, 1.82) is 0 Å². The molecule has 7 nitrogen and oxygen atoms in total. The highest BCUT2D eigenvalue weighted by Gasteiger charge is 2.30. The first-order chi connectivity index (χ1) is 13.2. The smallest absolute Gasteiger partial charge is 0.240 e. The van der Waals surface area contributed by atoms with E-state index < -0.39 is 5.25 Å². The SMILES string of the molecule is Nn1c(S[C@@H](C(=O)N2CCOCC2)c2ccccc2)nnc1-c1cccs1. The molecule has 1 aliphatic heterocycles. The Morgan fingerprint density at radius 1 is 1.15 bits per heavy atom. The number of rotatable bonds is 5. The maximum absolute atomic E-state index is 13.2. The molecule has 3 heterocycles. The number of aromatic nitrogens is 3. The lowest BCUT2D eigenvalue weighted by molar-refractivity contribution is -0.134. The van der Waals surface area contributed by atoms with Crippen molar-refractivity contribution in [2.75, 3.05) is 32.1 Å². The van der Waals surface area contributed by atoms with Gasteiger partial charge in [-0.15, -0.1) is 21.5 Å². The largest absolute Gasteiger partial charge is 0.378 e. The second-order valence-corrected chi connectivity index (χ2v) is 8.02. The van der Waals surface area contributed by atoms with Gasteiger partial charge in [0.25, 0.3) is 0 Å². The van der Waals surface area contributed by atoms with Crippen molar-refractivity contribution in [2.45, 2.75) is 10.4 Å². The summed E-state index contributed by atoms with van der Waals surface area (Å²) in [6.45, 7) is 2.32. The molecule has 2 aromatic heterocycles. The van der Waals surface area contributed by atoms with Crippen LogP contribution in [0.3, 0.4) is 0 Å². The van der Waals surface area contributed by atoms with Crippen molar-refractivity contribution >= 4 is 29.0 Å². The molecule has 3 aromatic rings. The Morgan fingerprint density at radius 2 is 1.93 bits per heavy atom. The van der Waals surface area contributed by atoms with E-state index in [0.29, 0.717) is 37.3 Å². The first kappa shape index (κ1) is 18.0. The summed E-state index contributed by atoms with van der Waals surface area (Å²) in [6.07, 6.45) is 0. The average molecular weight is 402 g/mol. The van der Waals surface area contributed by atoms with Gasteiger partial charge < -0.3 is 15.5 Å². The number of ether oxygens (including phenoxy) is 1. The van der Waals surface area contributed by atoms with Crippen LogP contribution < -0.4 is 5.84 Å². The first-order valence-electron chi connectivity index (χ1n) is 8.56. The maximum Gasteiger partial charge on any atom is 0.240 e. The van der Waals surface area contributed by atoms with E-state index in [2.05, 4.69) is 10.2 Å². The van der Waals surface area contributed by atoms with Gasteiger partial charge in [0.2, 0.25) is 11.1 Å². The molecule has 1 atom stereocenters. The highest BCUT2D eigenvalue weighted by Crippen LogP contribution is 2.37. The lowest BCUT2D eigenvalue weighted by Gasteiger charge is -2.30. The van der Waals surface area contributed by atoms with Gasteiger partial charge in [0, 0.05) is 13.1 Å². The number of nitrogens with two attached hydrogens (primary N) is 1. The molecule has 0 bridgehead atoms. The molecule has 2 N–H and O–H groups in total. The fraction of sp³-hybridized carbons (Fsp3) is 0.278. The third-order valence-corrected chi connectivity index (χ3v) is 6.34. The summed E-state index contributed by atoms with van der Waals surface area (Å²) < 4.78 is 6.83. The standard InChI is InChI=1S/C18H19N5O2S2/c19-23-16(14-7-4-12-26-14)20-21-18(23)27-15(13-5-2-1-3-6-13)17(24)22-8-10-25-11-9-22/h1-7,12,15H,8-11,19H2/t15-/m1/s1. The van der Waals surface area contributed by atoms with E-state index in [4.69, 9.17) is 10.6 Å². The zero-order valence-electron chi connectivity index (χ0n) is 14.5. The summed E-state index contributed by atoms with van der Waals surface area (Å²) >= 11 is 2.87. The van der Waals surface area contributed by atoms with E-state index in [1.165, 1.54) is 16.4 Å². The number of hydrogen-bond donors (Lipinski definition) is 1. The number of amides is 1. The molecule has 0 radical (unpaired) electrons. The van der Waals surface area contributed by atoms with E-state index >= 15 is 0 Å². The third kappa shape index (κ3) is 3.85. The van der Waals surface area contributed by atoms with Crippen LogP contribution in [0.5, 0.6) is 0 Å². The van der Waals surface area contributed by atoms with Crippen molar-refractivity contribution in [3.05, 3.63) is 53.4 Å². The monoisotopic (exact) mass is 401 g/mol. The molecule has 0 spiro atoms. The van der Waals surface area contributed by atoms with E-state index in [1.54, 1.807) is 11.3 Å². The summed E-state index contributed by atoms with van der Waals surface area (Å²) in [6, 6.07) is 13.6. The van der Waals surface area contributed by atoms with Crippen LogP contribution in [-0.4, -0.2) is 52.0 Å². The van der Waals surface area contributed by atoms with Crippen LogP contribution in [0.25, 0.3) is 10.7 Å². The van der Waals surface area contributed by atoms with Gasteiger partial charge in [-0.3, -0.25) is 4.79 Å². The van der Waals surface area contributed by atoms with E-state index in [0.717, 1.165) is 10.4 Å². The number of thioether (sulfide) groups is 1. The topological polar surface area (TPSA) is 86.3 Å². The highest BCUT2D eigenvalue weighted by atomic mass is 32.2. The molecule has 4 rings (SSSR count). The van der Waals surface area contributed by atoms with Crippen LogP contribution in [0.1, 0.15) is 10.8 Å². The number of nitrogens with zero attached hydrogens (tertiary/aromatic N) is 4. The lowest BCUT2D eigenvalue weighted by atomic mass is 10.1. The van der Waals surface area contributed by atoms with Crippen molar-refractivity contribution in [3.63, 3.8) is 0 Å². The Hall–Kier alpha value is -2.36. The fourth-order valence-corrected chi connectivity index (χ4v) is 4.62. The first-order valence-corrected chi connectivity index (χ1v) is 10.3. The van der Waals surface area contributed by atoms with Crippen LogP contribution in [0.2, 0.25) is 0 Å². The van der Waals surface area contributed by atoms with Gasteiger partial charge in [-0.25, -0.2) is 4.68 Å². The molecule has 27 heavy (non-hydrogen) atoms. The Balaban J connectivity index is 1.63. The number of carbonyl (C=O) groups excluding carboxylic acids is 1. The highest BCUT2D eigenvalue weighted by molar-refractivity contribution is 8.00. The van der Waals surface area contributed by atoms with Gasteiger partial charge in [-0.05, 0) is 17.0 Å². The van der Waals surface area contributed by atoms with Crippen LogP contribution in [0.15, 0.2) is 53.0 Å². The number of morpholine rings is 1. The molecule has 1 aliphatic rings. The summed E-state index contributed by atoms with van der Waals surface area (Å²) in [5.74, 6) is 6.86. The summed E-state index contributed by atoms with van der Waals surface area (Å²) in [4.78, 5) is 16.0. The average Bonchev–Trinajstić information content (AvgIpc) is 3.37. The molecular formula is C18H19N5O2S2. The number of hydrogen-bond acceptors (Lipinski definition) is 7. The molecular weight excluding hydrogens is 382 g/mol. The Morgan fingerprint density at radius 3 is 2.63 bits per heavy atom. The molecule has 1 aromatic carbocycles. The minimum Gasteiger partial charge on any atom is -0.378 e. The Labute approximate surface area is 165 Å². The predicted octanol–water partition coefficient (Wildman–Crippen LogP) is 2.41. The summed E-state index contributed by atoms with van der Waals surface area (Å²) in [7, 11) is 0. The van der Waals surface area contributed by atoms with E-state index in [1.807, 2.05) is 52.7 Å². The molecule has 0 aliphatic carbocycles. The van der Waals surface area contributed by atoms with Gasteiger partial charge in [-0.1, -0.05) is 48.2 Å². The van der Waals surface area contributed by atoms with E-state index in [9.17, 15) is 4.79 Å². The molecule has 140 valence electrons. The lowest BCUT2D eigenvalue weighted by Crippen LogP contribution is -2.42. The maximum atomic E-state index is 13.2. The third-order valence-electron chi connectivity index (χ3n) is 4.28. The molecule has 1 fully saturated rings. The minimum absolute atomic E-state index is 0.0372. The fourth-order valence-electron chi connectivity index (χ4n) is 2.88. The van der Waals surface area contributed by atoms with Crippen LogP contribution >= 0.6 is 23.1 Å². The zero-order valence-corrected chi connectivity index (χ0v) is 16.2. The molecule has 0 saturated carbocycles. The normalized spacial score (nSPS) is 15.6. The number of benzene rings is 1. The van der Waals surface area contributed by atoms with Gasteiger partial charge in [-0.2, -0.15) is 0 Å². The van der Waals surface area contributed by atoms with Crippen LogP contribution in [-0.2, 0) is 9.53 Å². The second kappa shape index (κ2) is 8.12. The van der Waals surface area contributed by atoms with Crippen molar-refractivity contribution in [3.8, 4) is 10.7 Å². The Bertz CT molecular complexity index is 892. The number of carbonyl (C=O) groups is 1. The molecule has 0 unspecified atom stereocenters. The van der Waals surface area contributed by atoms with Crippen molar-refractivity contribution in [1.82, 2.24) is 19.8 Å². The number of thiophene rings is 1. The van der Waals surface area contributed by atoms with Gasteiger partial charge in [0.05, 0.1) is 18.1 Å². The quantitative estimate of drug-likeness (QED) is 0.522. The van der Waals surface area contributed by atoms with Gasteiger partial charge >= 0.3 is 0 Å². The van der Waals surface area contributed by atoms with Crippen LogP contribution in [0, 0.1) is 0 Å². The van der Waals surface area contributed by atoms with E-state index in [-0.39, 0.29) is 5.91 Å². The summed E-state index contributed by atoms with van der Waals surface area (Å²) in [5, 5.41) is 10.5. The number of nitrogen functional groups attached to an aromatic ring is 1. The molecule has 9 heteroatoms.